The topological polar surface area (TPSA) is 62.6 Å². The number of carbonyl (C=O) groups excluding carboxylic acids is 1. The molecule has 0 amide bonds. The van der Waals surface area contributed by atoms with Gasteiger partial charge in [0, 0.05) is 18.5 Å². The second kappa shape index (κ2) is 11.3. The monoisotopic (exact) mass is 288 g/mol. The third-order valence-corrected chi connectivity index (χ3v) is 4.44. The number of aldehydes is 1. The number of unbranched alkanes of at least 4 members (excludes halogenated alkanes) is 1. The highest BCUT2D eigenvalue weighted by molar-refractivity contribution is 7.44. The standard InChI is InChI=1S/C13H25N2O3P/c1-12(2)15(13(3)4)19(18-11-7-8-14)17-10-6-5-9-16/h9,12-13H,5-7,10-11H2,1-4H3. The number of hydrogen-bond acceptors (Lipinski definition) is 5. The fraction of sp³-hybridized carbons (Fsp3) is 0.846. The van der Waals surface area contributed by atoms with Crippen LogP contribution in [0.15, 0.2) is 0 Å². The Hall–Kier alpha value is -0.530. The molecule has 1 unspecified atom stereocenters. The molecule has 19 heavy (non-hydrogen) atoms. The summed E-state index contributed by atoms with van der Waals surface area (Å²) in [6, 6.07) is 2.67. The minimum atomic E-state index is -1.16. The molecule has 110 valence electrons. The first-order valence-electron chi connectivity index (χ1n) is 6.69. The van der Waals surface area contributed by atoms with E-state index in [9.17, 15) is 4.79 Å². The molecule has 0 bridgehead atoms. The lowest BCUT2D eigenvalue weighted by molar-refractivity contribution is -0.108. The molecule has 6 heteroatoms. The number of carbonyl (C=O) groups is 1. The summed E-state index contributed by atoms with van der Waals surface area (Å²) in [7, 11) is -1.16. The van der Waals surface area contributed by atoms with Crippen LogP contribution >= 0.6 is 8.53 Å². The van der Waals surface area contributed by atoms with Gasteiger partial charge < -0.3 is 13.8 Å². The summed E-state index contributed by atoms with van der Waals surface area (Å²) in [5.74, 6) is 0. The SMILES string of the molecule is CC(C)N(C(C)C)P(OCCC#N)OCCCC=O. The van der Waals surface area contributed by atoms with E-state index in [1.807, 2.05) is 0 Å². The molecule has 0 aromatic rings. The Morgan fingerprint density at radius 1 is 1.21 bits per heavy atom. The highest BCUT2D eigenvalue weighted by Crippen LogP contribution is 2.45. The molecule has 0 N–H and O–H groups in total. The summed E-state index contributed by atoms with van der Waals surface area (Å²) in [6.07, 6.45) is 2.46. The second-order valence-corrected chi connectivity index (χ2v) is 6.14. The van der Waals surface area contributed by atoms with Gasteiger partial charge in [-0.1, -0.05) is 0 Å². The average Bonchev–Trinajstić information content (AvgIpc) is 2.33. The van der Waals surface area contributed by atoms with Crippen LogP contribution in [0, 0.1) is 11.3 Å². The molecule has 0 aliphatic heterocycles. The summed E-state index contributed by atoms with van der Waals surface area (Å²) in [4.78, 5) is 10.3. The predicted octanol–water partition coefficient (Wildman–Crippen LogP) is 3.26. The van der Waals surface area contributed by atoms with E-state index in [1.165, 1.54) is 0 Å². The van der Waals surface area contributed by atoms with Gasteiger partial charge in [-0.3, -0.25) is 0 Å². The highest BCUT2D eigenvalue weighted by atomic mass is 31.2. The van der Waals surface area contributed by atoms with Gasteiger partial charge in [0.25, 0.3) is 8.53 Å². The van der Waals surface area contributed by atoms with Crippen molar-refractivity contribution in [3.05, 3.63) is 0 Å². The second-order valence-electron chi connectivity index (χ2n) is 4.69. The molecule has 0 saturated carbocycles. The minimum Gasteiger partial charge on any atom is -0.322 e. The summed E-state index contributed by atoms with van der Waals surface area (Å²) >= 11 is 0. The van der Waals surface area contributed by atoms with E-state index in [0.29, 0.717) is 44.6 Å². The molecule has 0 radical (unpaired) electrons. The Kier molecular flexibility index (Phi) is 11.0. The molecule has 0 aliphatic rings. The molecule has 1 atom stereocenters. The quantitative estimate of drug-likeness (QED) is 0.332. The smallest absolute Gasteiger partial charge is 0.259 e. The molecular formula is C13H25N2O3P. The molecule has 0 saturated heterocycles. The maximum absolute atomic E-state index is 10.3. The Labute approximate surface area is 117 Å². The summed E-state index contributed by atoms with van der Waals surface area (Å²) < 4.78 is 13.7. The van der Waals surface area contributed by atoms with Gasteiger partial charge in [0.05, 0.1) is 25.7 Å². The molecular weight excluding hydrogens is 263 g/mol. The van der Waals surface area contributed by atoms with Gasteiger partial charge in [-0.25, -0.2) is 4.67 Å². The Balaban J connectivity index is 4.43. The summed E-state index contributed by atoms with van der Waals surface area (Å²) in [5.41, 5.74) is 0. The van der Waals surface area contributed by atoms with Crippen molar-refractivity contribution in [3.63, 3.8) is 0 Å². The van der Waals surface area contributed by atoms with Gasteiger partial charge >= 0.3 is 0 Å². The van der Waals surface area contributed by atoms with Gasteiger partial charge in [-0.05, 0) is 34.1 Å². The Morgan fingerprint density at radius 3 is 2.26 bits per heavy atom. The first-order valence-corrected chi connectivity index (χ1v) is 7.82. The van der Waals surface area contributed by atoms with Crippen molar-refractivity contribution in [2.45, 2.75) is 59.0 Å². The first-order chi connectivity index (χ1) is 9.04. The van der Waals surface area contributed by atoms with E-state index in [-0.39, 0.29) is 0 Å². The number of nitrogens with zero attached hydrogens (tertiary/aromatic N) is 2. The van der Waals surface area contributed by atoms with Crippen molar-refractivity contribution in [1.29, 1.82) is 5.26 Å². The van der Waals surface area contributed by atoms with Crippen LogP contribution < -0.4 is 0 Å². The van der Waals surface area contributed by atoms with E-state index in [0.717, 1.165) is 6.29 Å². The number of hydrogen-bond donors (Lipinski definition) is 0. The zero-order valence-corrected chi connectivity index (χ0v) is 13.2. The van der Waals surface area contributed by atoms with Gasteiger partial charge in [0.1, 0.15) is 6.29 Å². The van der Waals surface area contributed by atoms with E-state index in [2.05, 4.69) is 38.4 Å². The van der Waals surface area contributed by atoms with E-state index in [4.69, 9.17) is 14.3 Å². The average molecular weight is 288 g/mol. The van der Waals surface area contributed by atoms with Crippen LogP contribution in [-0.2, 0) is 13.8 Å². The molecule has 0 spiro atoms. The van der Waals surface area contributed by atoms with Crippen LogP contribution in [0.3, 0.4) is 0 Å². The molecule has 0 rings (SSSR count). The van der Waals surface area contributed by atoms with E-state index >= 15 is 0 Å². The fourth-order valence-electron chi connectivity index (χ4n) is 1.62. The van der Waals surface area contributed by atoms with Crippen molar-refractivity contribution >= 4 is 14.8 Å². The van der Waals surface area contributed by atoms with Crippen LogP contribution in [0.4, 0.5) is 0 Å². The van der Waals surface area contributed by atoms with E-state index in [1.54, 1.807) is 0 Å². The largest absolute Gasteiger partial charge is 0.322 e. The zero-order chi connectivity index (χ0) is 14.7. The fourth-order valence-corrected chi connectivity index (χ4v) is 3.25. The third-order valence-electron chi connectivity index (χ3n) is 2.33. The maximum Gasteiger partial charge on any atom is 0.259 e. The Bertz CT molecular complexity index is 272. The van der Waals surface area contributed by atoms with Crippen molar-refractivity contribution in [1.82, 2.24) is 4.67 Å². The lowest BCUT2D eigenvalue weighted by Gasteiger charge is -2.35. The minimum absolute atomic E-state index is 0.305. The van der Waals surface area contributed by atoms with Crippen molar-refractivity contribution < 1.29 is 13.8 Å². The van der Waals surface area contributed by atoms with Gasteiger partial charge in [0.2, 0.25) is 0 Å². The van der Waals surface area contributed by atoms with Crippen LogP contribution in [0.1, 0.15) is 47.0 Å². The number of rotatable bonds is 11. The zero-order valence-electron chi connectivity index (χ0n) is 12.3. The van der Waals surface area contributed by atoms with Crippen molar-refractivity contribution in [3.8, 4) is 6.07 Å². The van der Waals surface area contributed by atoms with Gasteiger partial charge in [-0.15, -0.1) is 0 Å². The van der Waals surface area contributed by atoms with Crippen LogP contribution in [0.5, 0.6) is 0 Å². The first kappa shape index (κ1) is 18.5. The van der Waals surface area contributed by atoms with Gasteiger partial charge in [-0.2, -0.15) is 5.26 Å². The Morgan fingerprint density at radius 2 is 1.79 bits per heavy atom. The summed E-state index contributed by atoms with van der Waals surface area (Å²) in [6.45, 7) is 9.27. The molecule has 0 heterocycles. The molecule has 0 aromatic heterocycles. The van der Waals surface area contributed by atoms with Crippen LogP contribution in [0.25, 0.3) is 0 Å². The van der Waals surface area contributed by atoms with E-state index < -0.39 is 8.53 Å². The molecule has 0 fully saturated rings. The van der Waals surface area contributed by atoms with Crippen molar-refractivity contribution in [2.24, 2.45) is 0 Å². The van der Waals surface area contributed by atoms with Crippen molar-refractivity contribution in [2.75, 3.05) is 13.2 Å². The summed E-state index contributed by atoms with van der Waals surface area (Å²) in [5, 5.41) is 8.57. The lowest BCUT2D eigenvalue weighted by atomic mass is 10.3. The maximum atomic E-state index is 10.3. The molecule has 0 aromatic carbocycles. The highest BCUT2D eigenvalue weighted by Gasteiger charge is 2.26. The predicted molar refractivity (Wildman–Crippen MR) is 76.5 cm³/mol. The van der Waals surface area contributed by atoms with Crippen LogP contribution in [-0.4, -0.2) is 36.3 Å². The molecule has 0 aliphatic carbocycles. The van der Waals surface area contributed by atoms with Crippen LogP contribution in [0.2, 0.25) is 0 Å². The van der Waals surface area contributed by atoms with Gasteiger partial charge in [0.15, 0.2) is 0 Å². The molecule has 5 nitrogen and oxygen atoms in total. The third kappa shape index (κ3) is 8.28. The lowest BCUT2D eigenvalue weighted by Crippen LogP contribution is -2.33. The normalized spacial score (nSPS) is 12.9. The number of nitriles is 1.